The largest absolute Gasteiger partial charge is 0.472 e. The number of fused-ring (bicyclic) bond motifs is 1. The van der Waals surface area contributed by atoms with Crippen LogP contribution in [0.2, 0.25) is 0 Å². The summed E-state index contributed by atoms with van der Waals surface area (Å²) < 4.78 is 3.92. The summed E-state index contributed by atoms with van der Waals surface area (Å²) in [5.41, 5.74) is 2.14. The first-order valence-electron chi connectivity index (χ1n) is 6.46. The molecule has 0 radical (unpaired) electrons. The number of benzene rings is 1. The van der Waals surface area contributed by atoms with Gasteiger partial charge in [-0.15, -0.1) is 0 Å². The van der Waals surface area contributed by atoms with Gasteiger partial charge in [0.15, 0.2) is 0 Å². The molecule has 0 atom stereocenters. The van der Waals surface area contributed by atoms with Crippen molar-refractivity contribution in [1.29, 1.82) is 0 Å². The molecular formula is C16H13N3O2. The maximum Gasteiger partial charge on any atom is 0.381 e. The lowest BCUT2D eigenvalue weighted by Gasteiger charge is -2.08. The molecule has 2 heterocycles. The summed E-state index contributed by atoms with van der Waals surface area (Å²) in [6.45, 7) is 2.35. The number of nitrogens with zero attached hydrogens (tertiary/aromatic N) is 3. The number of carboxylic acids is 1. The number of carboxylic acid groups (broad SMARTS) is 1. The Labute approximate surface area is 121 Å². The number of aryl methyl sites for hydroxylation is 1. The lowest BCUT2D eigenvalue weighted by Crippen LogP contribution is -2.05. The van der Waals surface area contributed by atoms with Crippen molar-refractivity contribution in [3.05, 3.63) is 48.5 Å². The molecular weight excluding hydrogens is 266 g/mol. The highest BCUT2D eigenvalue weighted by Gasteiger charge is 2.14. The molecule has 0 aliphatic carbocycles. The average molecular weight is 279 g/mol. The predicted octanol–water partition coefficient (Wildman–Crippen LogP) is 2.22. The quantitative estimate of drug-likeness (QED) is 0.732. The van der Waals surface area contributed by atoms with Crippen molar-refractivity contribution in [2.75, 3.05) is 0 Å². The van der Waals surface area contributed by atoms with E-state index in [0.29, 0.717) is 6.54 Å². The summed E-state index contributed by atoms with van der Waals surface area (Å²) in [7, 11) is 0. The monoisotopic (exact) mass is 279 g/mol. The fourth-order valence-electron chi connectivity index (χ4n) is 2.53. The molecule has 0 aliphatic heterocycles. The Morgan fingerprint density at radius 1 is 1.38 bits per heavy atom. The van der Waals surface area contributed by atoms with Gasteiger partial charge in [0, 0.05) is 23.7 Å². The second kappa shape index (κ2) is 5.17. The highest BCUT2D eigenvalue weighted by atomic mass is 16.4. The van der Waals surface area contributed by atoms with Gasteiger partial charge in [0.2, 0.25) is 0 Å². The smallest absolute Gasteiger partial charge is 0.381 e. The molecule has 3 aromatic rings. The topological polar surface area (TPSA) is 60.0 Å². The minimum Gasteiger partial charge on any atom is -0.472 e. The number of aromatic nitrogens is 3. The number of hydrogen-bond donors (Lipinski definition) is 1. The Morgan fingerprint density at radius 2 is 2.19 bits per heavy atom. The highest BCUT2D eigenvalue weighted by molar-refractivity contribution is 5.88. The van der Waals surface area contributed by atoms with Gasteiger partial charge in [0.25, 0.3) is 0 Å². The van der Waals surface area contributed by atoms with Gasteiger partial charge in [0.1, 0.15) is 12.1 Å². The van der Waals surface area contributed by atoms with Gasteiger partial charge in [-0.2, -0.15) is 0 Å². The first-order chi connectivity index (χ1) is 10.2. The van der Waals surface area contributed by atoms with Gasteiger partial charge in [-0.25, -0.2) is 9.78 Å². The molecule has 0 amide bonds. The lowest BCUT2D eigenvalue weighted by molar-refractivity contribution is -0.130. The fourth-order valence-corrected chi connectivity index (χ4v) is 2.53. The molecule has 0 aliphatic rings. The van der Waals surface area contributed by atoms with Crippen LogP contribution in [-0.2, 0) is 11.3 Å². The van der Waals surface area contributed by atoms with Crippen molar-refractivity contribution in [2.45, 2.75) is 13.5 Å². The third-order valence-corrected chi connectivity index (χ3v) is 3.37. The van der Waals surface area contributed by atoms with Crippen molar-refractivity contribution in [2.24, 2.45) is 0 Å². The SMILES string of the molecule is Cc1c(-n2ccnc2)n(CC#CC(=O)O)c2ccccc12. The predicted molar refractivity (Wildman–Crippen MR) is 79.2 cm³/mol. The first kappa shape index (κ1) is 13.0. The van der Waals surface area contributed by atoms with Crippen LogP contribution in [0.1, 0.15) is 5.56 Å². The lowest BCUT2D eigenvalue weighted by atomic mass is 10.2. The summed E-state index contributed by atoms with van der Waals surface area (Å²) in [5, 5.41) is 9.79. The maximum atomic E-state index is 10.6. The third kappa shape index (κ3) is 2.28. The van der Waals surface area contributed by atoms with E-state index in [1.165, 1.54) is 0 Å². The van der Waals surface area contributed by atoms with Crippen LogP contribution < -0.4 is 0 Å². The van der Waals surface area contributed by atoms with Crippen LogP contribution in [0.3, 0.4) is 0 Å². The fraction of sp³-hybridized carbons (Fsp3) is 0.125. The molecule has 1 aromatic carbocycles. The summed E-state index contributed by atoms with van der Waals surface area (Å²) in [4.78, 5) is 14.7. The van der Waals surface area contributed by atoms with E-state index in [9.17, 15) is 4.79 Å². The molecule has 0 saturated heterocycles. The van der Waals surface area contributed by atoms with E-state index < -0.39 is 5.97 Å². The van der Waals surface area contributed by atoms with E-state index in [0.717, 1.165) is 22.3 Å². The Morgan fingerprint density at radius 3 is 2.90 bits per heavy atom. The molecule has 2 aromatic heterocycles. The standard InChI is InChI=1S/C16H13N3O2/c1-12-13-5-2-3-6-14(13)19(9-4-7-15(20)21)16(12)18-10-8-17-11-18/h2-3,5-6,8,10-11H,9H2,1H3,(H,20,21). The number of imidazole rings is 1. The van der Waals surface area contributed by atoms with Crippen molar-refractivity contribution in [3.8, 4) is 17.7 Å². The molecule has 0 saturated carbocycles. The van der Waals surface area contributed by atoms with Crippen molar-refractivity contribution in [1.82, 2.24) is 14.1 Å². The number of rotatable bonds is 2. The summed E-state index contributed by atoms with van der Waals surface area (Å²) in [6, 6.07) is 8.00. The molecule has 104 valence electrons. The minimum absolute atomic E-state index is 0.314. The number of carbonyl (C=O) groups is 1. The number of aliphatic carboxylic acids is 1. The van der Waals surface area contributed by atoms with E-state index in [2.05, 4.69) is 16.8 Å². The van der Waals surface area contributed by atoms with Crippen LogP contribution in [0, 0.1) is 18.8 Å². The molecule has 0 bridgehead atoms. The zero-order chi connectivity index (χ0) is 14.8. The van der Waals surface area contributed by atoms with E-state index in [4.69, 9.17) is 5.11 Å². The third-order valence-electron chi connectivity index (χ3n) is 3.37. The number of hydrogen-bond acceptors (Lipinski definition) is 2. The zero-order valence-electron chi connectivity index (χ0n) is 11.4. The van der Waals surface area contributed by atoms with Crippen LogP contribution >= 0.6 is 0 Å². The van der Waals surface area contributed by atoms with Gasteiger partial charge in [-0.1, -0.05) is 24.1 Å². The van der Waals surface area contributed by atoms with Gasteiger partial charge in [0.05, 0.1) is 12.1 Å². The van der Waals surface area contributed by atoms with Crippen molar-refractivity contribution in [3.63, 3.8) is 0 Å². The highest BCUT2D eigenvalue weighted by Crippen LogP contribution is 2.28. The van der Waals surface area contributed by atoms with Gasteiger partial charge in [-0.3, -0.25) is 4.57 Å². The molecule has 1 N–H and O–H groups in total. The maximum absolute atomic E-state index is 10.6. The number of para-hydroxylation sites is 1. The summed E-state index contributed by atoms with van der Waals surface area (Å²) in [6.07, 6.45) is 5.30. The zero-order valence-corrected chi connectivity index (χ0v) is 11.4. The molecule has 0 fully saturated rings. The van der Waals surface area contributed by atoms with Crippen LogP contribution in [0.4, 0.5) is 0 Å². The van der Waals surface area contributed by atoms with E-state index in [1.54, 1.807) is 12.5 Å². The van der Waals surface area contributed by atoms with E-state index >= 15 is 0 Å². The van der Waals surface area contributed by atoms with Gasteiger partial charge >= 0.3 is 5.97 Å². The summed E-state index contributed by atoms with van der Waals surface area (Å²) in [5.74, 6) is 4.68. The molecule has 21 heavy (non-hydrogen) atoms. The van der Waals surface area contributed by atoms with Crippen LogP contribution in [0.25, 0.3) is 16.7 Å². The first-order valence-corrected chi connectivity index (χ1v) is 6.46. The van der Waals surface area contributed by atoms with Crippen molar-refractivity contribution < 1.29 is 9.90 Å². The Balaban J connectivity index is 2.23. The second-order valence-corrected chi connectivity index (χ2v) is 4.63. The van der Waals surface area contributed by atoms with Crippen LogP contribution in [0.15, 0.2) is 43.0 Å². The van der Waals surface area contributed by atoms with Crippen LogP contribution in [0.5, 0.6) is 0 Å². The Kier molecular flexibility index (Phi) is 3.20. The Bertz CT molecular complexity index is 864. The normalized spacial score (nSPS) is 10.3. The van der Waals surface area contributed by atoms with E-state index in [-0.39, 0.29) is 0 Å². The molecule has 3 rings (SSSR count). The van der Waals surface area contributed by atoms with Crippen LogP contribution in [-0.4, -0.2) is 25.2 Å². The van der Waals surface area contributed by atoms with E-state index in [1.807, 2.05) is 46.5 Å². The van der Waals surface area contributed by atoms with Crippen molar-refractivity contribution >= 4 is 16.9 Å². The minimum atomic E-state index is -1.12. The van der Waals surface area contributed by atoms with Gasteiger partial charge < -0.3 is 9.67 Å². The summed E-state index contributed by atoms with van der Waals surface area (Å²) >= 11 is 0. The second-order valence-electron chi connectivity index (χ2n) is 4.63. The van der Waals surface area contributed by atoms with Gasteiger partial charge in [-0.05, 0) is 18.6 Å². The molecule has 5 heteroatoms. The molecule has 0 unspecified atom stereocenters. The molecule has 5 nitrogen and oxygen atoms in total. The molecule has 0 spiro atoms. The Hall–Kier alpha value is -3.00. The average Bonchev–Trinajstić information content (AvgIpc) is 3.07.